The van der Waals surface area contributed by atoms with Gasteiger partial charge in [0.15, 0.2) is 10.3 Å². The molecule has 0 atom stereocenters. The summed E-state index contributed by atoms with van der Waals surface area (Å²) in [6.07, 6.45) is 0. The quantitative estimate of drug-likeness (QED) is 0.395. The first-order valence-corrected chi connectivity index (χ1v) is 11.3. The van der Waals surface area contributed by atoms with E-state index in [-0.39, 0.29) is 17.6 Å². The number of benzene rings is 2. The van der Waals surface area contributed by atoms with Gasteiger partial charge < -0.3 is 0 Å². The number of aromatic nitrogens is 2. The number of carbonyl (C=O) groups excluding carboxylic acids is 3. The third kappa shape index (κ3) is 4.63. The smallest absolute Gasteiger partial charge is 0.257 e. The SMILES string of the molecule is Cc1nc(NC(=O)c2ccccc2)sc1C(=O)c1sc(NC(=O)c2ccccc2)nc1C. The van der Waals surface area contributed by atoms with Gasteiger partial charge in [-0.25, -0.2) is 9.97 Å². The highest BCUT2D eigenvalue weighted by Crippen LogP contribution is 2.31. The highest BCUT2D eigenvalue weighted by molar-refractivity contribution is 7.21. The van der Waals surface area contributed by atoms with E-state index in [0.29, 0.717) is 42.5 Å². The Morgan fingerprint density at radius 3 is 1.41 bits per heavy atom. The average molecular weight is 463 g/mol. The Morgan fingerprint density at radius 2 is 1.03 bits per heavy atom. The van der Waals surface area contributed by atoms with Crippen molar-refractivity contribution in [2.75, 3.05) is 10.6 Å². The number of thiazole rings is 2. The number of anilines is 2. The number of carbonyl (C=O) groups is 3. The summed E-state index contributed by atoms with van der Waals surface area (Å²) in [7, 11) is 0. The van der Waals surface area contributed by atoms with Crippen LogP contribution in [0.4, 0.5) is 10.3 Å². The third-order valence-corrected chi connectivity index (χ3v) is 6.66. The number of nitrogens with zero attached hydrogens (tertiary/aromatic N) is 2. The molecule has 0 spiro atoms. The number of hydrogen-bond donors (Lipinski definition) is 2. The lowest BCUT2D eigenvalue weighted by Crippen LogP contribution is -2.11. The topological polar surface area (TPSA) is 101 Å². The van der Waals surface area contributed by atoms with Crippen molar-refractivity contribution in [1.29, 1.82) is 0 Å². The maximum Gasteiger partial charge on any atom is 0.257 e. The molecule has 0 saturated carbocycles. The minimum absolute atomic E-state index is 0.240. The Labute approximate surface area is 192 Å². The summed E-state index contributed by atoms with van der Waals surface area (Å²) >= 11 is 2.23. The van der Waals surface area contributed by atoms with Gasteiger partial charge in [-0.3, -0.25) is 25.0 Å². The normalized spacial score (nSPS) is 10.6. The lowest BCUT2D eigenvalue weighted by atomic mass is 10.2. The molecule has 0 bridgehead atoms. The van der Waals surface area contributed by atoms with Crippen molar-refractivity contribution in [3.63, 3.8) is 0 Å². The van der Waals surface area contributed by atoms with E-state index in [1.54, 1.807) is 62.4 Å². The van der Waals surface area contributed by atoms with Crippen molar-refractivity contribution in [2.45, 2.75) is 13.8 Å². The van der Waals surface area contributed by atoms with Crippen LogP contribution in [0.2, 0.25) is 0 Å². The maximum absolute atomic E-state index is 13.1. The van der Waals surface area contributed by atoms with Gasteiger partial charge >= 0.3 is 0 Å². The summed E-state index contributed by atoms with van der Waals surface area (Å²) in [6.45, 7) is 3.44. The van der Waals surface area contributed by atoms with Crippen LogP contribution < -0.4 is 10.6 Å². The molecule has 2 amide bonds. The molecule has 2 aromatic carbocycles. The van der Waals surface area contributed by atoms with Crippen molar-refractivity contribution in [1.82, 2.24) is 9.97 Å². The van der Waals surface area contributed by atoms with Crippen molar-refractivity contribution in [3.05, 3.63) is 92.9 Å². The van der Waals surface area contributed by atoms with Gasteiger partial charge in [0.25, 0.3) is 11.8 Å². The number of hydrogen-bond acceptors (Lipinski definition) is 7. The number of ketones is 1. The van der Waals surface area contributed by atoms with E-state index in [4.69, 9.17) is 0 Å². The number of rotatable bonds is 6. The summed E-state index contributed by atoms with van der Waals surface area (Å²) in [5.41, 5.74) is 2.05. The number of amides is 2. The van der Waals surface area contributed by atoms with Gasteiger partial charge in [0, 0.05) is 11.1 Å². The van der Waals surface area contributed by atoms with Gasteiger partial charge in [0.1, 0.15) is 9.75 Å². The summed E-state index contributed by atoms with van der Waals surface area (Å²) in [4.78, 5) is 47.4. The predicted molar refractivity (Wildman–Crippen MR) is 126 cm³/mol. The Hall–Kier alpha value is -3.69. The Morgan fingerprint density at radius 1 is 0.656 bits per heavy atom. The molecule has 4 aromatic rings. The van der Waals surface area contributed by atoms with Gasteiger partial charge in [0.2, 0.25) is 5.78 Å². The summed E-state index contributed by atoms with van der Waals surface area (Å²) in [5.74, 6) is -0.827. The van der Waals surface area contributed by atoms with Gasteiger partial charge in [-0.05, 0) is 38.1 Å². The fourth-order valence-electron chi connectivity index (χ4n) is 2.94. The fraction of sp³-hybridized carbons (Fsp3) is 0.0870. The van der Waals surface area contributed by atoms with E-state index in [9.17, 15) is 14.4 Å². The summed E-state index contributed by atoms with van der Waals surface area (Å²) < 4.78 is 0. The molecule has 2 N–H and O–H groups in total. The minimum atomic E-state index is -0.293. The highest BCUT2D eigenvalue weighted by Gasteiger charge is 2.23. The van der Waals surface area contributed by atoms with E-state index >= 15 is 0 Å². The van der Waals surface area contributed by atoms with Crippen LogP contribution in [-0.2, 0) is 0 Å². The van der Waals surface area contributed by atoms with Crippen molar-refractivity contribution >= 4 is 50.5 Å². The van der Waals surface area contributed by atoms with E-state index in [2.05, 4.69) is 20.6 Å². The van der Waals surface area contributed by atoms with Crippen LogP contribution >= 0.6 is 22.7 Å². The van der Waals surface area contributed by atoms with E-state index in [0.717, 1.165) is 22.7 Å². The molecule has 2 heterocycles. The van der Waals surface area contributed by atoms with E-state index in [1.807, 2.05) is 12.1 Å². The van der Waals surface area contributed by atoms with Crippen LogP contribution in [0.25, 0.3) is 0 Å². The molecule has 0 aliphatic carbocycles. The third-order valence-electron chi connectivity index (χ3n) is 4.52. The lowest BCUT2D eigenvalue weighted by molar-refractivity contribution is 0.101. The lowest BCUT2D eigenvalue weighted by Gasteiger charge is -2.00. The van der Waals surface area contributed by atoms with Crippen LogP contribution in [0.5, 0.6) is 0 Å². The maximum atomic E-state index is 13.1. The largest absolute Gasteiger partial charge is 0.298 e. The van der Waals surface area contributed by atoms with Crippen LogP contribution in [0.1, 0.15) is 46.7 Å². The Kier molecular flexibility index (Phi) is 6.20. The first kappa shape index (κ1) is 21.5. The first-order valence-electron chi connectivity index (χ1n) is 9.64. The summed E-state index contributed by atoms with van der Waals surface area (Å²) in [6, 6.07) is 17.6. The van der Waals surface area contributed by atoms with E-state index in [1.165, 1.54) is 0 Å². The zero-order valence-electron chi connectivity index (χ0n) is 17.2. The molecule has 9 heteroatoms. The van der Waals surface area contributed by atoms with E-state index < -0.39 is 0 Å². The van der Waals surface area contributed by atoms with Gasteiger partial charge in [-0.2, -0.15) is 0 Å². The first-order chi connectivity index (χ1) is 15.4. The van der Waals surface area contributed by atoms with Crippen LogP contribution in [0.3, 0.4) is 0 Å². The van der Waals surface area contributed by atoms with Crippen LogP contribution in [0, 0.1) is 13.8 Å². The molecular weight excluding hydrogens is 444 g/mol. The predicted octanol–water partition coefficient (Wildman–Crippen LogP) is 4.95. The van der Waals surface area contributed by atoms with Crippen molar-refractivity contribution < 1.29 is 14.4 Å². The monoisotopic (exact) mass is 462 g/mol. The van der Waals surface area contributed by atoms with Crippen molar-refractivity contribution in [2.24, 2.45) is 0 Å². The summed E-state index contributed by atoms with van der Waals surface area (Å²) in [5, 5.41) is 6.17. The number of aryl methyl sites for hydroxylation is 2. The molecule has 0 aliphatic heterocycles. The van der Waals surface area contributed by atoms with Crippen LogP contribution in [-0.4, -0.2) is 27.6 Å². The molecule has 0 saturated heterocycles. The highest BCUT2D eigenvalue weighted by atomic mass is 32.1. The second kappa shape index (κ2) is 9.21. The molecule has 4 rings (SSSR count). The van der Waals surface area contributed by atoms with Gasteiger partial charge in [0.05, 0.1) is 11.4 Å². The molecule has 0 unspecified atom stereocenters. The molecule has 0 fully saturated rings. The second-order valence-electron chi connectivity index (χ2n) is 6.84. The second-order valence-corrected chi connectivity index (χ2v) is 8.83. The molecule has 32 heavy (non-hydrogen) atoms. The molecule has 0 radical (unpaired) electrons. The zero-order chi connectivity index (χ0) is 22.7. The fourth-order valence-corrected chi connectivity index (χ4v) is 4.82. The van der Waals surface area contributed by atoms with Gasteiger partial charge in [-0.1, -0.05) is 59.1 Å². The standard InChI is InChI=1S/C23H18N4O3S2/c1-13-18(31-22(24-13)26-20(29)15-9-5-3-6-10-15)17(28)19-14(2)25-23(32-19)27-21(30)16-11-7-4-8-12-16/h3-12H,1-2H3,(H,24,26,29)(H,25,27,30). The molecule has 2 aromatic heterocycles. The average Bonchev–Trinajstić information content (AvgIpc) is 3.35. The zero-order valence-corrected chi connectivity index (χ0v) is 18.8. The van der Waals surface area contributed by atoms with Crippen LogP contribution in [0.15, 0.2) is 60.7 Å². The molecule has 160 valence electrons. The number of nitrogens with one attached hydrogen (secondary N) is 2. The molecule has 0 aliphatic rings. The Balaban J connectivity index is 1.51. The molecular formula is C23H18N4O3S2. The van der Waals surface area contributed by atoms with Gasteiger partial charge in [-0.15, -0.1) is 0 Å². The Bertz CT molecular complexity index is 1200. The minimum Gasteiger partial charge on any atom is -0.298 e. The van der Waals surface area contributed by atoms with Crippen molar-refractivity contribution in [3.8, 4) is 0 Å². The molecule has 7 nitrogen and oxygen atoms in total.